The first-order valence-corrected chi connectivity index (χ1v) is 8.50. The monoisotopic (exact) mass is 329 g/mol. The van der Waals surface area contributed by atoms with Crippen LogP contribution in [0.3, 0.4) is 0 Å². The molecule has 0 aliphatic carbocycles. The van der Waals surface area contributed by atoms with Crippen molar-refractivity contribution >= 4 is 17.3 Å². The Morgan fingerprint density at radius 3 is 2.79 bits per heavy atom. The summed E-state index contributed by atoms with van der Waals surface area (Å²) in [6.45, 7) is 3.71. The molecule has 1 aromatic carbocycles. The number of hydrogen-bond acceptors (Lipinski definition) is 5. The van der Waals surface area contributed by atoms with E-state index >= 15 is 0 Å². The van der Waals surface area contributed by atoms with Crippen LogP contribution in [-0.4, -0.2) is 43.2 Å². The Hall–Kier alpha value is -2.37. The third kappa shape index (κ3) is 4.13. The number of hydrogen-bond donors (Lipinski definition) is 1. The smallest absolute Gasteiger partial charge is 0.146 e. The fourth-order valence-corrected chi connectivity index (χ4v) is 2.98. The highest BCUT2D eigenvalue weighted by Crippen LogP contribution is 2.19. The Morgan fingerprint density at radius 1 is 1.21 bits per heavy atom. The molecule has 0 radical (unpaired) electrons. The van der Waals surface area contributed by atoms with Gasteiger partial charge in [-0.15, -0.1) is 0 Å². The quantitative estimate of drug-likeness (QED) is 0.791. The summed E-state index contributed by atoms with van der Waals surface area (Å²) >= 11 is 0. The third-order valence-electron chi connectivity index (χ3n) is 4.32. The summed E-state index contributed by atoms with van der Waals surface area (Å²) in [5, 5.41) is 3.33. The average Bonchev–Trinajstić information content (AvgIpc) is 3.14. The van der Waals surface area contributed by atoms with E-state index in [0.29, 0.717) is 5.69 Å². The van der Waals surface area contributed by atoms with Gasteiger partial charge in [0.2, 0.25) is 0 Å². The molecular weight excluding hydrogens is 305 g/mol. The number of rotatable bonds is 7. The van der Waals surface area contributed by atoms with Crippen LogP contribution in [0.25, 0.3) is 0 Å². The van der Waals surface area contributed by atoms with E-state index in [2.05, 4.69) is 20.2 Å². The maximum atomic E-state index is 13.7. The summed E-state index contributed by atoms with van der Waals surface area (Å²) < 4.78 is 13.7. The molecule has 2 aromatic rings. The van der Waals surface area contributed by atoms with Crippen LogP contribution in [0.4, 0.5) is 21.7 Å². The zero-order valence-corrected chi connectivity index (χ0v) is 14.1. The summed E-state index contributed by atoms with van der Waals surface area (Å²) in [6, 6.07) is 8.86. The fourth-order valence-electron chi connectivity index (χ4n) is 2.98. The maximum absolute atomic E-state index is 13.7. The zero-order valence-electron chi connectivity index (χ0n) is 14.1. The van der Waals surface area contributed by atoms with Gasteiger partial charge in [-0.25, -0.2) is 14.4 Å². The molecule has 0 saturated carbocycles. The number of nitrogens with zero attached hydrogens (tertiary/aromatic N) is 4. The molecule has 0 bridgehead atoms. The summed E-state index contributed by atoms with van der Waals surface area (Å²) in [6.07, 6.45) is 4.97. The van der Waals surface area contributed by atoms with E-state index < -0.39 is 0 Å². The number of para-hydroxylation sites is 1. The molecule has 1 aromatic heterocycles. The average molecular weight is 329 g/mol. The highest BCUT2D eigenvalue weighted by molar-refractivity contribution is 5.49. The van der Waals surface area contributed by atoms with E-state index in [1.807, 2.05) is 24.1 Å². The van der Waals surface area contributed by atoms with E-state index in [-0.39, 0.29) is 5.82 Å². The first-order valence-electron chi connectivity index (χ1n) is 8.50. The standard InChI is InChI=1S/C18H24FN5/c1-23(16-8-3-2-7-15(16)19)10-6-9-20-17-13-18(22-14-21-17)24-11-4-5-12-24/h2-3,7-8,13-14H,4-6,9-12H2,1H3,(H,20,21,22). The fraction of sp³-hybridized carbons (Fsp3) is 0.444. The maximum Gasteiger partial charge on any atom is 0.146 e. The molecule has 1 fully saturated rings. The molecule has 1 aliphatic rings. The second kappa shape index (κ2) is 7.95. The molecule has 24 heavy (non-hydrogen) atoms. The molecule has 0 atom stereocenters. The summed E-state index contributed by atoms with van der Waals surface area (Å²) in [5.74, 6) is 1.66. The second-order valence-electron chi connectivity index (χ2n) is 6.11. The summed E-state index contributed by atoms with van der Waals surface area (Å²) in [4.78, 5) is 12.9. The lowest BCUT2D eigenvalue weighted by molar-refractivity contribution is 0.621. The highest BCUT2D eigenvalue weighted by Gasteiger charge is 2.13. The van der Waals surface area contributed by atoms with Crippen LogP contribution in [0.1, 0.15) is 19.3 Å². The lowest BCUT2D eigenvalue weighted by atomic mass is 10.2. The van der Waals surface area contributed by atoms with Crippen LogP contribution in [0.15, 0.2) is 36.7 Å². The Labute approximate surface area is 142 Å². The molecule has 3 rings (SSSR count). The van der Waals surface area contributed by atoms with E-state index in [1.165, 1.54) is 18.9 Å². The van der Waals surface area contributed by atoms with Crippen molar-refractivity contribution in [3.63, 3.8) is 0 Å². The Balaban J connectivity index is 1.46. The van der Waals surface area contributed by atoms with E-state index in [1.54, 1.807) is 18.5 Å². The minimum atomic E-state index is -0.181. The minimum Gasteiger partial charge on any atom is -0.372 e. The van der Waals surface area contributed by atoms with Crippen LogP contribution in [-0.2, 0) is 0 Å². The molecular formula is C18H24FN5. The van der Waals surface area contributed by atoms with Gasteiger partial charge >= 0.3 is 0 Å². The van der Waals surface area contributed by atoms with Crippen LogP contribution >= 0.6 is 0 Å². The van der Waals surface area contributed by atoms with Crippen molar-refractivity contribution in [3.05, 3.63) is 42.5 Å². The molecule has 5 nitrogen and oxygen atoms in total. The van der Waals surface area contributed by atoms with Crippen molar-refractivity contribution in [1.82, 2.24) is 9.97 Å². The number of halogens is 1. The van der Waals surface area contributed by atoms with Crippen molar-refractivity contribution < 1.29 is 4.39 Å². The second-order valence-corrected chi connectivity index (χ2v) is 6.11. The number of nitrogens with one attached hydrogen (secondary N) is 1. The van der Waals surface area contributed by atoms with Crippen LogP contribution < -0.4 is 15.1 Å². The SMILES string of the molecule is CN(CCCNc1cc(N2CCCC2)ncn1)c1ccccc1F. The molecule has 6 heteroatoms. The van der Waals surface area contributed by atoms with Crippen molar-refractivity contribution in [2.75, 3.05) is 48.3 Å². The van der Waals surface area contributed by atoms with E-state index in [9.17, 15) is 4.39 Å². The normalized spacial score (nSPS) is 14.0. The van der Waals surface area contributed by atoms with Gasteiger partial charge in [0.15, 0.2) is 0 Å². The molecule has 1 N–H and O–H groups in total. The third-order valence-corrected chi connectivity index (χ3v) is 4.32. The van der Waals surface area contributed by atoms with Crippen LogP contribution in [0.5, 0.6) is 0 Å². The van der Waals surface area contributed by atoms with Gasteiger partial charge in [0, 0.05) is 39.3 Å². The summed E-state index contributed by atoms with van der Waals surface area (Å²) in [5.41, 5.74) is 0.635. The molecule has 1 aliphatic heterocycles. The molecule has 0 amide bonds. The van der Waals surface area contributed by atoms with E-state index in [4.69, 9.17) is 0 Å². The molecule has 128 valence electrons. The first-order chi connectivity index (χ1) is 11.7. The van der Waals surface area contributed by atoms with Gasteiger partial charge in [0.25, 0.3) is 0 Å². The molecule has 1 saturated heterocycles. The predicted molar refractivity (Wildman–Crippen MR) is 96.3 cm³/mol. The van der Waals surface area contributed by atoms with E-state index in [0.717, 1.165) is 44.2 Å². The van der Waals surface area contributed by atoms with Gasteiger partial charge in [-0.3, -0.25) is 0 Å². The van der Waals surface area contributed by atoms with Crippen LogP contribution in [0, 0.1) is 5.82 Å². The largest absolute Gasteiger partial charge is 0.372 e. The van der Waals surface area contributed by atoms with Gasteiger partial charge in [-0.1, -0.05) is 12.1 Å². The summed E-state index contributed by atoms with van der Waals surface area (Å²) in [7, 11) is 1.91. The number of benzene rings is 1. The molecule has 0 spiro atoms. The van der Waals surface area contributed by atoms with Crippen LogP contribution in [0.2, 0.25) is 0 Å². The van der Waals surface area contributed by atoms with Crippen molar-refractivity contribution in [3.8, 4) is 0 Å². The van der Waals surface area contributed by atoms with Crippen molar-refractivity contribution in [1.29, 1.82) is 0 Å². The van der Waals surface area contributed by atoms with Gasteiger partial charge in [-0.05, 0) is 31.4 Å². The number of anilines is 3. The van der Waals surface area contributed by atoms with Gasteiger partial charge < -0.3 is 15.1 Å². The Bertz CT molecular complexity index is 657. The predicted octanol–water partition coefficient (Wildman–Crippen LogP) is 3.15. The van der Waals surface area contributed by atoms with Crippen molar-refractivity contribution in [2.24, 2.45) is 0 Å². The Kier molecular flexibility index (Phi) is 5.46. The highest BCUT2D eigenvalue weighted by atomic mass is 19.1. The Morgan fingerprint density at radius 2 is 2.00 bits per heavy atom. The van der Waals surface area contributed by atoms with Gasteiger partial charge in [0.1, 0.15) is 23.8 Å². The lowest BCUT2D eigenvalue weighted by Crippen LogP contribution is -2.22. The minimum absolute atomic E-state index is 0.181. The lowest BCUT2D eigenvalue weighted by Gasteiger charge is -2.20. The number of aromatic nitrogens is 2. The zero-order chi connectivity index (χ0) is 16.8. The topological polar surface area (TPSA) is 44.3 Å². The first kappa shape index (κ1) is 16.5. The van der Waals surface area contributed by atoms with Crippen molar-refractivity contribution in [2.45, 2.75) is 19.3 Å². The molecule has 0 unspecified atom stereocenters. The van der Waals surface area contributed by atoms with Gasteiger partial charge in [0.05, 0.1) is 5.69 Å². The van der Waals surface area contributed by atoms with Gasteiger partial charge in [-0.2, -0.15) is 0 Å². The molecule has 2 heterocycles.